The van der Waals surface area contributed by atoms with Gasteiger partial charge in [-0.25, -0.2) is 4.98 Å². The van der Waals surface area contributed by atoms with Crippen molar-refractivity contribution < 1.29 is 9.59 Å². The van der Waals surface area contributed by atoms with Crippen LogP contribution in [0.5, 0.6) is 0 Å². The van der Waals surface area contributed by atoms with Crippen LogP contribution in [0.2, 0.25) is 0 Å². The van der Waals surface area contributed by atoms with E-state index in [2.05, 4.69) is 58.9 Å². The van der Waals surface area contributed by atoms with Crippen molar-refractivity contribution >= 4 is 58.2 Å². The number of unbranched alkanes of at least 4 members (excludes halogenated alkanes) is 1. The van der Waals surface area contributed by atoms with Gasteiger partial charge in [-0.05, 0) is 45.7 Å². The number of hydrogen-bond donors (Lipinski definition) is 0. The Morgan fingerprint density at radius 2 is 1.60 bits per heavy atom. The Morgan fingerprint density at radius 1 is 0.860 bits per heavy atom. The van der Waals surface area contributed by atoms with Crippen LogP contribution in [0.3, 0.4) is 0 Å². The third kappa shape index (κ3) is 7.03. The summed E-state index contributed by atoms with van der Waals surface area (Å²) in [6.45, 7) is 4.47. The highest BCUT2D eigenvalue weighted by Gasteiger charge is 2.33. The number of fused-ring (bicyclic) bond motifs is 2. The molecule has 2 heterocycles. The van der Waals surface area contributed by atoms with Crippen LogP contribution < -0.4 is 0 Å². The molecular formula is C35H38Cl2N4O2. The van der Waals surface area contributed by atoms with E-state index in [1.807, 2.05) is 58.6 Å². The van der Waals surface area contributed by atoms with Gasteiger partial charge in [0, 0.05) is 49.7 Å². The fourth-order valence-corrected chi connectivity index (χ4v) is 6.07. The number of benzene rings is 4. The minimum atomic E-state index is 0. The van der Waals surface area contributed by atoms with Crippen LogP contribution in [0.1, 0.15) is 47.8 Å². The first-order valence-corrected chi connectivity index (χ1v) is 14.6. The lowest BCUT2D eigenvalue weighted by molar-refractivity contribution is -0.135. The Balaban J connectivity index is 0.00000212. The molecule has 1 aliphatic heterocycles. The lowest BCUT2D eigenvalue weighted by Gasteiger charge is -2.42. The Labute approximate surface area is 265 Å². The van der Waals surface area contributed by atoms with Crippen molar-refractivity contribution in [2.45, 2.75) is 45.2 Å². The number of aromatic nitrogens is 2. The maximum absolute atomic E-state index is 13.7. The molecule has 8 heteroatoms. The van der Waals surface area contributed by atoms with Gasteiger partial charge in [0.2, 0.25) is 5.91 Å². The molecule has 1 aliphatic rings. The summed E-state index contributed by atoms with van der Waals surface area (Å²) < 4.78 is 2.07. The molecule has 43 heavy (non-hydrogen) atoms. The van der Waals surface area contributed by atoms with E-state index < -0.39 is 0 Å². The van der Waals surface area contributed by atoms with Gasteiger partial charge in [0.15, 0.2) is 0 Å². The fraction of sp³-hybridized carbons (Fsp3) is 0.286. The minimum Gasteiger partial charge on any atom is -0.336 e. The normalized spacial score (nSPS) is 14.8. The van der Waals surface area contributed by atoms with Gasteiger partial charge in [-0.15, -0.1) is 24.8 Å². The van der Waals surface area contributed by atoms with Crippen LogP contribution >= 0.6 is 24.8 Å². The second kappa shape index (κ2) is 14.5. The summed E-state index contributed by atoms with van der Waals surface area (Å²) >= 11 is 0. The molecule has 0 spiro atoms. The van der Waals surface area contributed by atoms with Crippen LogP contribution in [0.15, 0.2) is 97.5 Å². The molecule has 224 valence electrons. The third-order valence-corrected chi connectivity index (χ3v) is 8.30. The molecule has 0 saturated carbocycles. The second-order valence-corrected chi connectivity index (χ2v) is 11.0. The number of amides is 2. The standard InChI is InChI=1S/C35H36N4O2.2ClH/c1-2-3-13-30-24-37(35(41)33-15-8-12-28-10-6-7-14-32(28)33)18-19-39(30)34(40)21-31-22-36-25-38(31)23-26-16-17-27-9-4-5-11-29(27)20-26;;/h4-12,14-17,20,22,25,30H,2-3,13,18-19,21,23-24H2,1H3;2*1H/t30-;;/m0../s1. The quantitative estimate of drug-likeness (QED) is 0.186. The number of imidazole rings is 1. The van der Waals surface area contributed by atoms with Crippen molar-refractivity contribution in [1.29, 1.82) is 0 Å². The molecule has 6 nitrogen and oxygen atoms in total. The zero-order valence-corrected chi connectivity index (χ0v) is 26.0. The van der Waals surface area contributed by atoms with Gasteiger partial charge in [0.25, 0.3) is 5.91 Å². The Bertz CT molecular complexity index is 1700. The highest BCUT2D eigenvalue weighted by Crippen LogP contribution is 2.24. The molecule has 1 fully saturated rings. The van der Waals surface area contributed by atoms with E-state index in [1.165, 1.54) is 16.3 Å². The van der Waals surface area contributed by atoms with Gasteiger partial charge >= 0.3 is 0 Å². The average molecular weight is 618 g/mol. The van der Waals surface area contributed by atoms with E-state index >= 15 is 0 Å². The van der Waals surface area contributed by atoms with Crippen molar-refractivity contribution in [2.24, 2.45) is 0 Å². The van der Waals surface area contributed by atoms with Crippen LogP contribution in [0.25, 0.3) is 21.5 Å². The molecule has 6 rings (SSSR count). The van der Waals surface area contributed by atoms with E-state index in [-0.39, 0.29) is 42.7 Å². The zero-order valence-electron chi connectivity index (χ0n) is 24.4. The van der Waals surface area contributed by atoms with E-state index in [1.54, 1.807) is 6.20 Å². The van der Waals surface area contributed by atoms with Crippen LogP contribution in [-0.2, 0) is 17.8 Å². The largest absolute Gasteiger partial charge is 0.336 e. The van der Waals surface area contributed by atoms with Gasteiger partial charge < -0.3 is 14.4 Å². The van der Waals surface area contributed by atoms with Crippen molar-refractivity contribution in [3.8, 4) is 0 Å². The Hall–Kier alpha value is -3.87. The SMILES string of the molecule is CCCC[C@H]1CN(C(=O)c2cccc3ccccc23)CCN1C(=O)Cc1cncn1Cc1ccc2ccccc2c1.Cl.Cl. The average Bonchev–Trinajstić information content (AvgIpc) is 3.45. The highest BCUT2D eigenvalue weighted by atomic mass is 35.5. The van der Waals surface area contributed by atoms with E-state index in [9.17, 15) is 9.59 Å². The van der Waals surface area contributed by atoms with Gasteiger partial charge in [-0.2, -0.15) is 0 Å². The fourth-order valence-electron chi connectivity index (χ4n) is 6.07. The number of piperazine rings is 1. The monoisotopic (exact) mass is 616 g/mol. The summed E-state index contributed by atoms with van der Waals surface area (Å²) in [6.07, 6.45) is 6.87. The molecule has 2 amide bonds. The van der Waals surface area contributed by atoms with E-state index in [0.717, 1.165) is 41.3 Å². The maximum atomic E-state index is 13.7. The zero-order chi connectivity index (χ0) is 28.2. The van der Waals surface area contributed by atoms with E-state index in [0.29, 0.717) is 32.6 Å². The predicted molar refractivity (Wildman–Crippen MR) is 178 cm³/mol. The van der Waals surface area contributed by atoms with Gasteiger partial charge in [-0.1, -0.05) is 92.6 Å². The number of hydrogen-bond acceptors (Lipinski definition) is 3. The number of nitrogens with zero attached hydrogens (tertiary/aromatic N) is 4. The summed E-state index contributed by atoms with van der Waals surface area (Å²) in [5, 5.41) is 4.46. The highest BCUT2D eigenvalue weighted by molar-refractivity contribution is 6.07. The lowest BCUT2D eigenvalue weighted by Crippen LogP contribution is -2.57. The predicted octanol–water partition coefficient (Wildman–Crippen LogP) is 7.17. The molecule has 1 atom stereocenters. The molecule has 0 unspecified atom stereocenters. The minimum absolute atomic E-state index is 0. The first-order chi connectivity index (χ1) is 20.1. The van der Waals surface area contributed by atoms with Crippen molar-refractivity contribution in [3.05, 3.63) is 114 Å². The number of carbonyl (C=O) groups excluding carboxylic acids is 2. The summed E-state index contributed by atoms with van der Waals surface area (Å²) in [7, 11) is 0. The summed E-state index contributed by atoms with van der Waals surface area (Å²) in [4.78, 5) is 35.7. The second-order valence-electron chi connectivity index (χ2n) is 11.0. The molecule has 1 saturated heterocycles. The third-order valence-electron chi connectivity index (χ3n) is 8.30. The van der Waals surface area contributed by atoms with Crippen LogP contribution in [0, 0.1) is 0 Å². The van der Waals surface area contributed by atoms with Crippen molar-refractivity contribution in [2.75, 3.05) is 19.6 Å². The maximum Gasteiger partial charge on any atom is 0.254 e. The van der Waals surface area contributed by atoms with Crippen LogP contribution in [-0.4, -0.2) is 56.8 Å². The molecule has 0 radical (unpaired) electrons. The molecule has 0 bridgehead atoms. The summed E-state index contributed by atoms with van der Waals surface area (Å²) in [6, 6.07) is 28.8. The molecule has 0 aliphatic carbocycles. The number of carbonyl (C=O) groups is 2. The topological polar surface area (TPSA) is 58.4 Å². The van der Waals surface area contributed by atoms with Crippen molar-refractivity contribution in [3.63, 3.8) is 0 Å². The Morgan fingerprint density at radius 3 is 2.42 bits per heavy atom. The first-order valence-electron chi connectivity index (χ1n) is 14.6. The molecule has 5 aromatic rings. The van der Waals surface area contributed by atoms with Crippen LogP contribution in [0.4, 0.5) is 0 Å². The van der Waals surface area contributed by atoms with Gasteiger partial charge in [0.1, 0.15) is 0 Å². The van der Waals surface area contributed by atoms with Gasteiger partial charge in [-0.3, -0.25) is 9.59 Å². The molecular weight excluding hydrogens is 579 g/mol. The van der Waals surface area contributed by atoms with Gasteiger partial charge in [0.05, 0.1) is 12.7 Å². The number of halogens is 2. The smallest absolute Gasteiger partial charge is 0.254 e. The molecule has 4 aromatic carbocycles. The lowest BCUT2D eigenvalue weighted by atomic mass is 10.0. The Kier molecular flexibility index (Phi) is 10.8. The summed E-state index contributed by atoms with van der Waals surface area (Å²) in [5.74, 6) is 0.146. The first kappa shape index (κ1) is 32.1. The number of rotatable bonds is 8. The molecule has 0 N–H and O–H groups in total. The molecule has 1 aromatic heterocycles. The van der Waals surface area contributed by atoms with E-state index in [4.69, 9.17) is 0 Å². The van der Waals surface area contributed by atoms with Crippen molar-refractivity contribution in [1.82, 2.24) is 19.4 Å². The summed E-state index contributed by atoms with van der Waals surface area (Å²) in [5.41, 5.74) is 2.82.